The van der Waals surface area contributed by atoms with Crippen molar-refractivity contribution in [3.63, 3.8) is 0 Å². The van der Waals surface area contributed by atoms with Crippen LogP contribution < -0.4 is 5.73 Å². The maximum Gasteiger partial charge on any atom is 0.307 e. The normalized spacial score (nSPS) is 21.8. The van der Waals surface area contributed by atoms with Crippen molar-refractivity contribution >= 4 is 5.97 Å². The number of carbonyl (C=O) groups excluding carboxylic acids is 1. The zero-order valence-electron chi connectivity index (χ0n) is 8.51. The largest absolute Gasteiger partial charge is 0.466 e. The molecule has 0 aromatic heterocycles. The van der Waals surface area contributed by atoms with Gasteiger partial charge in [0.15, 0.2) is 0 Å². The summed E-state index contributed by atoms with van der Waals surface area (Å²) in [6.45, 7) is 4.41. The summed E-state index contributed by atoms with van der Waals surface area (Å²) in [6, 6.07) is -0.0275. The Balaban J connectivity index is 2.31. The van der Waals surface area contributed by atoms with E-state index in [2.05, 4.69) is 6.92 Å². The van der Waals surface area contributed by atoms with Crippen LogP contribution in [0.25, 0.3) is 0 Å². The summed E-state index contributed by atoms with van der Waals surface area (Å²) in [7, 11) is 0. The molecule has 1 aliphatic rings. The monoisotopic (exact) mass is 185 g/mol. The molecule has 76 valence electrons. The molecule has 0 spiro atoms. The Morgan fingerprint density at radius 2 is 2.23 bits per heavy atom. The molecule has 1 aliphatic carbocycles. The SMILES string of the molecule is CCOC(=O)CC(N)C1(C)CCC1. The van der Waals surface area contributed by atoms with Crippen molar-refractivity contribution in [3.8, 4) is 0 Å². The second kappa shape index (κ2) is 4.09. The van der Waals surface area contributed by atoms with Gasteiger partial charge in [-0.15, -0.1) is 0 Å². The number of esters is 1. The van der Waals surface area contributed by atoms with Gasteiger partial charge in [-0.2, -0.15) is 0 Å². The Morgan fingerprint density at radius 1 is 1.62 bits per heavy atom. The lowest BCUT2D eigenvalue weighted by atomic mass is 9.65. The van der Waals surface area contributed by atoms with Crippen molar-refractivity contribution in [1.82, 2.24) is 0 Å². The van der Waals surface area contributed by atoms with Crippen LogP contribution in [-0.2, 0) is 9.53 Å². The number of ether oxygens (including phenoxy) is 1. The molecule has 0 heterocycles. The number of carbonyl (C=O) groups is 1. The summed E-state index contributed by atoms with van der Waals surface area (Å²) in [5.41, 5.74) is 6.13. The van der Waals surface area contributed by atoms with Gasteiger partial charge in [-0.25, -0.2) is 0 Å². The van der Waals surface area contributed by atoms with E-state index < -0.39 is 0 Å². The lowest BCUT2D eigenvalue weighted by molar-refractivity contribution is -0.144. The second-order valence-corrected chi connectivity index (χ2v) is 4.12. The van der Waals surface area contributed by atoms with Gasteiger partial charge in [0.2, 0.25) is 0 Å². The quantitative estimate of drug-likeness (QED) is 0.674. The van der Waals surface area contributed by atoms with E-state index in [1.54, 1.807) is 0 Å². The molecule has 0 radical (unpaired) electrons. The van der Waals surface area contributed by atoms with Crippen LogP contribution in [-0.4, -0.2) is 18.6 Å². The standard InChI is InChI=1S/C10H19NO2/c1-3-13-9(12)7-8(11)10(2)5-4-6-10/h8H,3-7,11H2,1-2H3. The number of rotatable bonds is 4. The van der Waals surface area contributed by atoms with Crippen molar-refractivity contribution in [2.45, 2.75) is 45.6 Å². The fourth-order valence-corrected chi connectivity index (χ4v) is 1.75. The van der Waals surface area contributed by atoms with Crippen molar-refractivity contribution in [1.29, 1.82) is 0 Å². The molecule has 2 N–H and O–H groups in total. The summed E-state index contributed by atoms with van der Waals surface area (Å²) in [5.74, 6) is -0.164. The number of hydrogen-bond acceptors (Lipinski definition) is 3. The molecule has 13 heavy (non-hydrogen) atoms. The molecule has 1 fully saturated rings. The van der Waals surface area contributed by atoms with Crippen LogP contribution in [0.4, 0.5) is 0 Å². The van der Waals surface area contributed by atoms with E-state index in [-0.39, 0.29) is 17.4 Å². The molecule has 1 saturated carbocycles. The summed E-state index contributed by atoms with van der Waals surface area (Å²) in [4.78, 5) is 11.1. The van der Waals surface area contributed by atoms with Crippen LogP contribution >= 0.6 is 0 Å². The van der Waals surface area contributed by atoms with Gasteiger partial charge in [0.05, 0.1) is 13.0 Å². The fourth-order valence-electron chi connectivity index (χ4n) is 1.75. The minimum absolute atomic E-state index is 0.0275. The maximum absolute atomic E-state index is 11.1. The van der Waals surface area contributed by atoms with Crippen molar-refractivity contribution in [2.75, 3.05) is 6.61 Å². The smallest absolute Gasteiger partial charge is 0.307 e. The Labute approximate surface area is 79.6 Å². The van der Waals surface area contributed by atoms with Gasteiger partial charge in [-0.05, 0) is 25.2 Å². The van der Waals surface area contributed by atoms with Crippen LogP contribution in [0.15, 0.2) is 0 Å². The highest BCUT2D eigenvalue weighted by atomic mass is 16.5. The molecule has 1 atom stereocenters. The average Bonchev–Trinajstić information content (AvgIpc) is 2.00. The topological polar surface area (TPSA) is 52.3 Å². The first kappa shape index (κ1) is 10.5. The Morgan fingerprint density at radius 3 is 2.62 bits per heavy atom. The molecule has 0 saturated heterocycles. The predicted molar refractivity (Wildman–Crippen MR) is 51.2 cm³/mol. The summed E-state index contributed by atoms with van der Waals surface area (Å²) in [6.07, 6.45) is 3.90. The molecule has 0 aliphatic heterocycles. The third kappa shape index (κ3) is 2.44. The first-order chi connectivity index (χ1) is 6.08. The first-order valence-electron chi connectivity index (χ1n) is 4.99. The fraction of sp³-hybridized carbons (Fsp3) is 0.900. The average molecular weight is 185 g/mol. The van der Waals surface area contributed by atoms with Crippen molar-refractivity contribution in [2.24, 2.45) is 11.1 Å². The van der Waals surface area contributed by atoms with E-state index in [0.717, 1.165) is 12.8 Å². The molecule has 3 nitrogen and oxygen atoms in total. The molecule has 0 bridgehead atoms. The highest BCUT2D eigenvalue weighted by Gasteiger charge is 2.38. The Kier molecular flexibility index (Phi) is 3.31. The molecule has 0 aromatic carbocycles. The molecule has 1 rings (SSSR count). The molecule has 0 aromatic rings. The minimum atomic E-state index is -0.164. The van der Waals surface area contributed by atoms with Gasteiger partial charge in [0, 0.05) is 6.04 Å². The first-order valence-corrected chi connectivity index (χ1v) is 4.99. The van der Waals surface area contributed by atoms with E-state index in [1.807, 2.05) is 6.92 Å². The highest BCUT2D eigenvalue weighted by Crippen LogP contribution is 2.43. The van der Waals surface area contributed by atoms with E-state index in [9.17, 15) is 4.79 Å². The van der Waals surface area contributed by atoms with E-state index >= 15 is 0 Å². The van der Waals surface area contributed by atoms with E-state index in [1.165, 1.54) is 6.42 Å². The molecule has 1 unspecified atom stereocenters. The van der Waals surface area contributed by atoms with E-state index in [0.29, 0.717) is 13.0 Å². The zero-order valence-corrected chi connectivity index (χ0v) is 8.51. The van der Waals surface area contributed by atoms with Gasteiger partial charge in [0.1, 0.15) is 0 Å². The van der Waals surface area contributed by atoms with Gasteiger partial charge >= 0.3 is 5.97 Å². The molecule has 3 heteroatoms. The summed E-state index contributed by atoms with van der Waals surface area (Å²) in [5, 5.41) is 0. The minimum Gasteiger partial charge on any atom is -0.466 e. The molecular formula is C10H19NO2. The molecular weight excluding hydrogens is 166 g/mol. The Hall–Kier alpha value is -0.570. The third-order valence-electron chi connectivity index (χ3n) is 3.08. The maximum atomic E-state index is 11.1. The second-order valence-electron chi connectivity index (χ2n) is 4.12. The molecule has 0 amide bonds. The predicted octanol–water partition coefficient (Wildman–Crippen LogP) is 1.46. The van der Waals surface area contributed by atoms with Crippen LogP contribution in [0.1, 0.15) is 39.5 Å². The van der Waals surface area contributed by atoms with E-state index in [4.69, 9.17) is 10.5 Å². The van der Waals surface area contributed by atoms with Crippen LogP contribution in [0.3, 0.4) is 0 Å². The zero-order chi connectivity index (χ0) is 9.90. The van der Waals surface area contributed by atoms with Gasteiger partial charge < -0.3 is 10.5 Å². The summed E-state index contributed by atoms with van der Waals surface area (Å²) >= 11 is 0. The lowest BCUT2D eigenvalue weighted by Gasteiger charge is -2.43. The third-order valence-corrected chi connectivity index (χ3v) is 3.08. The van der Waals surface area contributed by atoms with Gasteiger partial charge in [-0.1, -0.05) is 13.3 Å². The van der Waals surface area contributed by atoms with Crippen LogP contribution in [0.5, 0.6) is 0 Å². The number of hydrogen-bond donors (Lipinski definition) is 1. The van der Waals surface area contributed by atoms with Crippen molar-refractivity contribution in [3.05, 3.63) is 0 Å². The van der Waals surface area contributed by atoms with Crippen LogP contribution in [0, 0.1) is 5.41 Å². The van der Waals surface area contributed by atoms with Crippen LogP contribution in [0.2, 0.25) is 0 Å². The van der Waals surface area contributed by atoms with Crippen molar-refractivity contribution < 1.29 is 9.53 Å². The van der Waals surface area contributed by atoms with Gasteiger partial charge in [-0.3, -0.25) is 4.79 Å². The Bertz CT molecular complexity index is 187. The van der Waals surface area contributed by atoms with Gasteiger partial charge in [0.25, 0.3) is 0 Å². The number of nitrogens with two attached hydrogens (primary N) is 1. The highest BCUT2D eigenvalue weighted by molar-refractivity contribution is 5.70. The summed E-state index contributed by atoms with van der Waals surface area (Å²) < 4.78 is 4.86. The lowest BCUT2D eigenvalue weighted by Crippen LogP contribution is -2.45.